The number of aliphatic carboxylic acids is 1. The molecule has 2 fully saturated rings. The monoisotopic (exact) mass is 297 g/mol. The Kier molecular flexibility index (Phi) is 4.39. The number of carboxylic acids is 1. The summed E-state index contributed by atoms with van der Waals surface area (Å²) < 4.78 is 0. The molecule has 0 bridgehead atoms. The minimum absolute atomic E-state index is 0.147. The third-order valence-electron chi connectivity index (χ3n) is 4.72. The summed E-state index contributed by atoms with van der Waals surface area (Å²) >= 11 is 0. The average molecular weight is 297 g/mol. The van der Waals surface area contributed by atoms with Crippen LogP contribution in [-0.4, -0.2) is 53.1 Å². The van der Waals surface area contributed by atoms with Crippen LogP contribution in [0.4, 0.5) is 4.79 Å². The maximum atomic E-state index is 12.4. The van der Waals surface area contributed by atoms with Gasteiger partial charge in [0.1, 0.15) is 6.04 Å². The lowest BCUT2D eigenvalue weighted by molar-refractivity contribution is -0.148. The summed E-state index contributed by atoms with van der Waals surface area (Å²) in [6.45, 7) is 4.41. The summed E-state index contributed by atoms with van der Waals surface area (Å²) in [5, 5.41) is 15.0. The Balaban J connectivity index is 2.07. The molecule has 3 amide bonds. The Labute approximate surface area is 124 Å². The van der Waals surface area contributed by atoms with Crippen molar-refractivity contribution in [2.24, 2.45) is 5.41 Å². The highest BCUT2D eigenvalue weighted by atomic mass is 16.4. The van der Waals surface area contributed by atoms with Crippen LogP contribution in [-0.2, 0) is 9.59 Å². The second-order valence-corrected chi connectivity index (χ2v) is 6.03. The van der Waals surface area contributed by atoms with E-state index in [0.29, 0.717) is 32.4 Å². The zero-order valence-electron chi connectivity index (χ0n) is 12.5. The van der Waals surface area contributed by atoms with Crippen LogP contribution in [0.5, 0.6) is 0 Å². The van der Waals surface area contributed by atoms with E-state index in [9.17, 15) is 19.5 Å². The van der Waals surface area contributed by atoms with Crippen LogP contribution in [0.15, 0.2) is 0 Å². The van der Waals surface area contributed by atoms with E-state index in [0.717, 1.165) is 6.42 Å². The van der Waals surface area contributed by atoms with E-state index in [1.807, 2.05) is 6.92 Å². The lowest BCUT2D eigenvalue weighted by Crippen LogP contribution is -2.61. The normalized spacial score (nSPS) is 32.7. The fourth-order valence-corrected chi connectivity index (χ4v) is 3.25. The predicted molar refractivity (Wildman–Crippen MR) is 75.7 cm³/mol. The Morgan fingerprint density at radius 2 is 2.24 bits per heavy atom. The minimum atomic E-state index is -0.921. The molecule has 3 atom stereocenters. The topological polar surface area (TPSA) is 98.7 Å². The molecule has 3 N–H and O–H groups in total. The molecule has 0 aromatic rings. The van der Waals surface area contributed by atoms with E-state index in [-0.39, 0.29) is 18.0 Å². The number of hydrogen-bond donors (Lipinski definition) is 3. The minimum Gasteiger partial charge on any atom is -0.481 e. The number of nitrogens with one attached hydrogen (secondary N) is 2. The number of amides is 3. The molecule has 0 radical (unpaired) electrons. The van der Waals surface area contributed by atoms with Gasteiger partial charge in [0.2, 0.25) is 5.91 Å². The SMILES string of the molecule is CCC1C(=O)NCCN1C(=O)NC1CCCC1(C)C(=O)O. The number of nitrogens with zero attached hydrogens (tertiary/aromatic N) is 1. The van der Waals surface area contributed by atoms with Crippen molar-refractivity contribution in [3.05, 3.63) is 0 Å². The predicted octanol–water partition coefficient (Wildman–Crippen LogP) is 0.550. The Morgan fingerprint density at radius 3 is 2.86 bits per heavy atom. The molecule has 3 unspecified atom stereocenters. The van der Waals surface area contributed by atoms with Crippen molar-refractivity contribution in [3.8, 4) is 0 Å². The third kappa shape index (κ3) is 2.82. The van der Waals surface area contributed by atoms with Crippen molar-refractivity contribution < 1.29 is 19.5 Å². The average Bonchev–Trinajstić information content (AvgIpc) is 2.81. The summed E-state index contributed by atoms with van der Waals surface area (Å²) in [5.74, 6) is -1.03. The van der Waals surface area contributed by atoms with Crippen LogP contribution in [0.3, 0.4) is 0 Å². The van der Waals surface area contributed by atoms with Crippen LogP contribution < -0.4 is 10.6 Å². The molecule has 7 heteroatoms. The lowest BCUT2D eigenvalue weighted by Gasteiger charge is -2.36. The zero-order chi connectivity index (χ0) is 15.6. The van der Waals surface area contributed by atoms with E-state index in [2.05, 4.69) is 10.6 Å². The first-order valence-corrected chi connectivity index (χ1v) is 7.48. The van der Waals surface area contributed by atoms with Gasteiger partial charge in [-0.25, -0.2) is 4.79 Å². The Morgan fingerprint density at radius 1 is 1.52 bits per heavy atom. The first kappa shape index (κ1) is 15.6. The molecule has 1 aliphatic carbocycles. The van der Waals surface area contributed by atoms with Crippen molar-refractivity contribution in [1.82, 2.24) is 15.5 Å². The summed E-state index contributed by atoms with van der Waals surface area (Å²) in [4.78, 5) is 37.2. The highest BCUT2D eigenvalue weighted by molar-refractivity contribution is 5.88. The van der Waals surface area contributed by atoms with Crippen molar-refractivity contribution >= 4 is 17.9 Å². The Bertz CT molecular complexity index is 454. The van der Waals surface area contributed by atoms with Gasteiger partial charge in [-0.2, -0.15) is 0 Å². The second-order valence-electron chi connectivity index (χ2n) is 6.03. The maximum absolute atomic E-state index is 12.4. The number of rotatable bonds is 3. The third-order valence-corrected chi connectivity index (χ3v) is 4.72. The number of urea groups is 1. The molecule has 1 aliphatic heterocycles. The molecule has 21 heavy (non-hydrogen) atoms. The summed E-state index contributed by atoms with van der Waals surface area (Å²) in [6, 6.07) is -1.20. The molecule has 7 nitrogen and oxygen atoms in total. The van der Waals surface area contributed by atoms with Gasteiger partial charge >= 0.3 is 12.0 Å². The Hall–Kier alpha value is -1.79. The standard InChI is InChI=1S/C14H23N3O4/c1-3-9-11(18)15-7-8-17(9)13(21)16-10-5-4-6-14(10,2)12(19)20/h9-10H,3-8H2,1-2H3,(H,15,18)(H,16,21)(H,19,20). The summed E-state index contributed by atoms with van der Waals surface area (Å²) in [6.07, 6.45) is 2.54. The van der Waals surface area contributed by atoms with Gasteiger partial charge in [0.05, 0.1) is 5.41 Å². The quantitative estimate of drug-likeness (QED) is 0.708. The van der Waals surface area contributed by atoms with Gasteiger partial charge in [0.25, 0.3) is 0 Å². The molecule has 2 rings (SSSR count). The molecule has 118 valence electrons. The van der Waals surface area contributed by atoms with Crippen LogP contribution in [0, 0.1) is 5.41 Å². The smallest absolute Gasteiger partial charge is 0.318 e. The van der Waals surface area contributed by atoms with Crippen LogP contribution >= 0.6 is 0 Å². The summed E-state index contributed by atoms with van der Waals surface area (Å²) in [7, 11) is 0. The number of carbonyl (C=O) groups excluding carboxylic acids is 2. The van der Waals surface area contributed by atoms with Gasteiger partial charge in [0, 0.05) is 19.1 Å². The first-order valence-electron chi connectivity index (χ1n) is 7.48. The molecule has 1 saturated heterocycles. The molecule has 0 aromatic heterocycles. The first-order chi connectivity index (χ1) is 9.90. The largest absolute Gasteiger partial charge is 0.481 e. The van der Waals surface area contributed by atoms with E-state index in [4.69, 9.17) is 0 Å². The van der Waals surface area contributed by atoms with Gasteiger partial charge < -0.3 is 20.6 Å². The molecule has 1 heterocycles. The van der Waals surface area contributed by atoms with Gasteiger partial charge in [0.15, 0.2) is 0 Å². The van der Waals surface area contributed by atoms with Crippen LogP contribution in [0.1, 0.15) is 39.5 Å². The van der Waals surface area contributed by atoms with Crippen LogP contribution in [0.2, 0.25) is 0 Å². The van der Waals surface area contributed by atoms with Crippen molar-refractivity contribution in [1.29, 1.82) is 0 Å². The molecule has 2 aliphatic rings. The number of piperazine rings is 1. The number of hydrogen-bond acceptors (Lipinski definition) is 3. The second kappa shape index (κ2) is 5.91. The maximum Gasteiger partial charge on any atom is 0.318 e. The van der Waals surface area contributed by atoms with E-state index < -0.39 is 17.4 Å². The van der Waals surface area contributed by atoms with E-state index in [1.165, 1.54) is 4.90 Å². The molecule has 0 aromatic carbocycles. The fraction of sp³-hybridized carbons (Fsp3) is 0.786. The molecular weight excluding hydrogens is 274 g/mol. The molecular formula is C14H23N3O4. The van der Waals surface area contributed by atoms with Gasteiger partial charge in [-0.05, 0) is 26.2 Å². The van der Waals surface area contributed by atoms with Crippen molar-refractivity contribution in [3.63, 3.8) is 0 Å². The summed E-state index contributed by atoms with van der Waals surface area (Å²) in [5.41, 5.74) is -0.921. The van der Waals surface area contributed by atoms with Crippen LogP contribution in [0.25, 0.3) is 0 Å². The molecule has 1 saturated carbocycles. The van der Waals surface area contributed by atoms with Crippen molar-refractivity contribution in [2.75, 3.05) is 13.1 Å². The highest BCUT2D eigenvalue weighted by Crippen LogP contribution is 2.38. The fourth-order valence-electron chi connectivity index (χ4n) is 3.25. The van der Waals surface area contributed by atoms with Gasteiger partial charge in [-0.3, -0.25) is 9.59 Å². The molecule has 0 spiro atoms. The zero-order valence-corrected chi connectivity index (χ0v) is 12.5. The number of carbonyl (C=O) groups is 3. The lowest BCUT2D eigenvalue weighted by atomic mass is 9.85. The highest BCUT2D eigenvalue weighted by Gasteiger charge is 2.46. The van der Waals surface area contributed by atoms with Gasteiger partial charge in [-0.15, -0.1) is 0 Å². The van der Waals surface area contributed by atoms with E-state index >= 15 is 0 Å². The van der Waals surface area contributed by atoms with Crippen molar-refractivity contribution in [2.45, 2.75) is 51.6 Å². The van der Waals surface area contributed by atoms with E-state index in [1.54, 1.807) is 6.92 Å². The van der Waals surface area contributed by atoms with Gasteiger partial charge in [-0.1, -0.05) is 13.3 Å². The number of carboxylic acid groups (broad SMARTS) is 1.